The Morgan fingerprint density at radius 1 is 1.29 bits per heavy atom. The van der Waals surface area contributed by atoms with E-state index in [2.05, 4.69) is 16.7 Å². The number of carboxylic acids is 1. The molecule has 1 amide bonds. The molecule has 3 N–H and O–H groups in total. The first-order chi connectivity index (χ1) is 10.1. The Kier molecular flexibility index (Phi) is 3.82. The van der Waals surface area contributed by atoms with Crippen LogP contribution in [0.3, 0.4) is 0 Å². The molecule has 1 fully saturated rings. The largest absolute Gasteiger partial charge is 0.481 e. The molecule has 0 saturated heterocycles. The fourth-order valence-electron chi connectivity index (χ4n) is 3.25. The SMILES string of the molecule is O=C1CCc2cc(NC3CCCC(C(=O)O)C3)ccc2N1. The Morgan fingerprint density at radius 2 is 2.14 bits per heavy atom. The van der Waals surface area contributed by atoms with Crippen LogP contribution in [0.5, 0.6) is 0 Å². The summed E-state index contributed by atoms with van der Waals surface area (Å²) in [4.78, 5) is 22.5. The second-order valence-corrected chi connectivity index (χ2v) is 5.96. The molecule has 5 nitrogen and oxygen atoms in total. The maximum absolute atomic E-state index is 11.3. The Morgan fingerprint density at radius 3 is 2.95 bits per heavy atom. The lowest BCUT2D eigenvalue weighted by Gasteiger charge is -2.28. The first-order valence-corrected chi connectivity index (χ1v) is 7.54. The molecule has 1 aliphatic carbocycles. The molecule has 0 bridgehead atoms. The van der Waals surface area contributed by atoms with Crippen molar-refractivity contribution in [3.63, 3.8) is 0 Å². The minimum absolute atomic E-state index is 0.0692. The Hall–Kier alpha value is -2.04. The summed E-state index contributed by atoms with van der Waals surface area (Å²) in [7, 11) is 0. The molecule has 1 aromatic carbocycles. The molecule has 2 aliphatic rings. The average Bonchev–Trinajstić information content (AvgIpc) is 2.48. The summed E-state index contributed by atoms with van der Waals surface area (Å²) in [6, 6.07) is 6.16. The van der Waals surface area contributed by atoms with Gasteiger partial charge in [0.1, 0.15) is 0 Å². The van der Waals surface area contributed by atoms with Gasteiger partial charge in [0.25, 0.3) is 0 Å². The molecule has 0 aromatic heterocycles. The summed E-state index contributed by atoms with van der Waals surface area (Å²) in [6.45, 7) is 0. The zero-order chi connectivity index (χ0) is 14.8. The molecule has 1 saturated carbocycles. The van der Waals surface area contributed by atoms with E-state index in [4.69, 9.17) is 5.11 Å². The summed E-state index contributed by atoms with van der Waals surface area (Å²) in [6.07, 6.45) is 4.72. The molecule has 1 heterocycles. The molecule has 112 valence electrons. The van der Waals surface area contributed by atoms with E-state index in [-0.39, 0.29) is 17.9 Å². The normalized spacial score (nSPS) is 24.9. The van der Waals surface area contributed by atoms with Gasteiger partial charge in [-0.1, -0.05) is 6.42 Å². The first kappa shape index (κ1) is 13.9. The predicted molar refractivity (Wildman–Crippen MR) is 80.4 cm³/mol. The lowest BCUT2D eigenvalue weighted by molar-refractivity contribution is -0.142. The second kappa shape index (κ2) is 5.76. The van der Waals surface area contributed by atoms with Gasteiger partial charge in [0.2, 0.25) is 5.91 Å². The van der Waals surface area contributed by atoms with Gasteiger partial charge in [0.05, 0.1) is 5.92 Å². The van der Waals surface area contributed by atoms with Crippen LogP contribution in [0.4, 0.5) is 11.4 Å². The molecule has 2 atom stereocenters. The number of hydrogen-bond donors (Lipinski definition) is 3. The van der Waals surface area contributed by atoms with E-state index < -0.39 is 5.97 Å². The molecular weight excluding hydrogens is 268 g/mol. The van der Waals surface area contributed by atoms with E-state index in [1.807, 2.05) is 12.1 Å². The van der Waals surface area contributed by atoms with Crippen LogP contribution in [-0.2, 0) is 16.0 Å². The summed E-state index contributed by atoms with van der Waals surface area (Å²) < 4.78 is 0. The summed E-state index contributed by atoms with van der Waals surface area (Å²) in [5, 5.41) is 15.5. The molecule has 3 rings (SSSR count). The van der Waals surface area contributed by atoms with E-state index in [1.54, 1.807) is 0 Å². The van der Waals surface area contributed by atoms with E-state index in [1.165, 1.54) is 0 Å². The van der Waals surface area contributed by atoms with Gasteiger partial charge in [-0.05, 0) is 49.4 Å². The number of rotatable bonds is 3. The van der Waals surface area contributed by atoms with Gasteiger partial charge in [0, 0.05) is 23.8 Å². The highest BCUT2D eigenvalue weighted by Crippen LogP contribution is 2.30. The van der Waals surface area contributed by atoms with Crippen molar-refractivity contribution in [2.24, 2.45) is 5.92 Å². The quantitative estimate of drug-likeness (QED) is 0.799. The summed E-state index contributed by atoms with van der Waals surface area (Å²) >= 11 is 0. The molecule has 5 heteroatoms. The van der Waals surface area contributed by atoms with Gasteiger partial charge in [-0.2, -0.15) is 0 Å². The third-order valence-corrected chi connectivity index (χ3v) is 4.39. The lowest BCUT2D eigenvalue weighted by Crippen LogP contribution is -2.31. The van der Waals surface area contributed by atoms with E-state index in [9.17, 15) is 9.59 Å². The molecule has 0 radical (unpaired) electrons. The highest BCUT2D eigenvalue weighted by Gasteiger charge is 2.27. The Bertz CT molecular complexity index is 571. The Labute approximate surface area is 123 Å². The zero-order valence-electron chi connectivity index (χ0n) is 11.9. The predicted octanol–water partition coefficient (Wildman–Crippen LogP) is 2.63. The smallest absolute Gasteiger partial charge is 0.306 e. The number of aliphatic carboxylic acids is 1. The topological polar surface area (TPSA) is 78.4 Å². The van der Waals surface area contributed by atoms with Gasteiger partial charge in [-0.3, -0.25) is 9.59 Å². The highest BCUT2D eigenvalue weighted by molar-refractivity contribution is 5.94. The van der Waals surface area contributed by atoms with Crippen LogP contribution in [0, 0.1) is 5.92 Å². The van der Waals surface area contributed by atoms with Gasteiger partial charge in [0.15, 0.2) is 0 Å². The number of carbonyl (C=O) groups excluding carboxylic acids is 1. The zero-order valence-corrected chi connectivity index (χ0v) is 11.9. The molecular formula is C16H20N2O3. The number of hydrogen-bond acceptors (Lipinski definition) is 3. The van der Waals surface area contributed by atoms with Crippen molar-refractivity contribution >= 4 is 23.3 Å². The molecule has 21 heavy (non-hydrogen) atoms. The summed E-state index contributed by atoms with van der Waals surface area (Å²) in [5.41, 5.74) is 3.05. The standard InChI is InChI=1S/C16H20N2O3/c19-15-7-4-10-8-13(5-6-14(10)18-15)17-12-3-1-2-11(9-12)16(20)21/h5-6,8,11-12,17H,1-4,7,9H2,(H,18,19)(H,20,21). The first-order valence-electron chi connectivity index (χ1n) is 7.54. The van der Waals surface area contributed by atoms with Crippen molar-refractivity contribution in [2.75, 3.05) is 10.6 Å². The maximum atomic E-state index is 11.3. The minimum Gasteiger partial charge on any atom is -0.481 e. The van der Waals surface area contributed by atoms with Gasteiger partial charge < -0.3 is 15.7 Å². The Balaban J connectivity index is 1.68. The molecule has 2 unspecified atom stereocenters. The van der Waals surface area contributed by atoms with Crippen molar-refractivity contribution < 1.29 is 14.7 Å². The van der Waals surface area contributed by atoms with E-state index in [0.717, 1.165) is 42.6 Å². The number of anilines is 2. The number of carboxylic acid groups (broad SMARTS) is 1. The van der Waals surface area contributed by atoms with Crippen molar-refractivity contribution in [1.29, 1.82) is 0 Å². The number of amides is 1. The van der Waals surface area contributed by atoms with Crippen molar-refractivity contribution in [3.05, 3.63) is 23.8 Å². The number of nitrogens with one attached hydrogen (secondary N) is 2. The number of aryl methyl sites for hydroxylation is 1. The van der Waals surface area contributed by atoms with Crippen molar-refractivity contribution in [1.82, 2.24) is 0 Å². The fourth-order valence-corrected chi connectivity index (χ4v) is 3.25. The minimum atomic E-state index is -0.686. The monoisotopic (exact) mass is 288 g/mol. The molecule has 1 aromatic rings. The number of benzene rings is 1. The van der Waals surface area contributed by atoms with Crippen molar-refractivity contribution in [3.8, 4) is 0 Å². The highest BCUT2D eigenvalue weighted by atomic mass is 16.4. The maximum Gasteiger partial charge on any atom is 0.306 e. The second-order valence-electron chi connectivity index (χ2n) is 5.96. The van der Waals surface area contributed by atoms with E-state index >= 15 is 0 Å². The van der Waals surface area contributed by atoms with Crippen LogP contribution in [0.25, 0.3) is 0 Å². The van der Waals surface area contributed by atoms with Crippen LogP contribution < -0.4 is 10.6 Å². The van der Waals surface area contributed by atoms with Crippen molar-refractivity contribution in [2.45, 2.75) is 44.6 Å². The van der Waals surface area contributed by atoms with Gasteiger partial charge >= 0.3 is 5.97 Å². The fraction of sp³-hybridized carbons (Fsp3) is 0.500. The van der Waals surface area contributed by atoms with Gasteiger partial charge in [-0.25, -0.2) is 0 Å². The molecule has 1 aliphatic heterocycles. The van der Waals surface area contributed by atoms with Crippen LogP contribution in [0.1, 0.15) is 37.7 Å². The lowest BCUT2D eigenvalue weighted by atomic mass is 9.85. The third kappa shape index (κ3) is 3.17. The number of fused-ring (bicyclic) bond motifs is 1. The van der Waals surface area contributed by atoms with E-state index in [0.29, 0.717) is 12.8 Å². The van der Waals surface area contributed by atoms with Crippen LogP contribution in [0.2, 0.25) is 0 Å². The summed E-state index contributed by atoms with van der Waals surface area (Å²) in [5.74, 6) is -0.845. The van der Waals surface area contributed by atoms with Gasteiger partial charge in [-0.15, -0.1) is 0 Å². The molecule has 0 spiro atoms. The number of carbonyl (C=O) groups is 2. The third-order valence-electron chi connectivity index (χ3n) is 4.39. The average molecular weight is 288 g/mol. The van der Waals surface area contributed by atoms with Crippen LogP contribution >= 0.6 is 0 Å². The van der Waals surface area contributed by atoms with Crippen LogP contribution in [-0.4, -0.2) is 23.0 Å². The van der Waals surface area contributed by atoms with Crippen LogP contribution in [0.15, 0.2) is 18.2 Å².